The Kier molecular flexibility index (Phi) is 4.30. The van der Waals surface area contributed by atoms with Crippen LogP contribution in [0.25, 0.3) is 0 Å². The van der Waals surface area contributed by atoms with Crippen molar-refractivity contribution in [3.8, 4) is 11.5 Å². The third-order valence-corrected chi connectivity index (χ3v) is 5.23. The fourth-order valence-corrected chi connectivity index (χ4v) is 2.92. The highest BCUT2D eigenvalue weighted by Gasteiger charge is 2.19. The van der Waals surface area contributed by atoms with Gasteiger partial charge in [0.05, 0.1) is 11.9 Å². The molecule has 0 saturated heterocycles. The summed E-state index contributed by atoms with van der Waals surface area (Å²) in [6.45, 7) is 0.151. The number of hydrogen-bond acceptors (Lipinski definition) is 5. The van der Waals surface area contributed by atoms with Gasteiger partial charge < -0.3 is 14.4 Å². The second kappa shape index (κ2) is 6.29. The molecular formula is C17H18N2O5S. The van der Waals surface area contributed by atoms with Crippen LogP contribution >= 0.6 is 0 Å². The molecule has 0 unspecified atom stereocenters. The molecular weight excluding hydrogens is 344 g/mol. The van der Waals surface area contributed by atoms with Crippen LogP contribution in [0.2, 0.25) is 0 Å². The summed E-state index contributed by atoms with van der Waals surface area (Å²) in [4.78, 5) is 14.1. The molecule has 2 aromatic carbocycles. The van der Waals surface area contributed by atoms with E-state index in [1.807, 2.05) is 0 Å². The Morgan fingerprint density at radius 3 is 2.20 bits per heavy atom. The Morgan fingerprint density at radius 1 is 0.960 bits per heavy atom. The summed E-state index contributed by atoms with van der Waals surface area (Å²) < 4.78 is 34.9. The highest BCUT2D eigenvalue weighted by molar-refractivity contribution is 7.92. The van der Waals surface area contributed by atoms with Gasteiger partial charge in [-0.15, -0.1) is 0 Å². The molecule has 2 aromatic rings. The molecule has 7 nitrogen and oxygen atoms in total. The first kappa shape index (κ1) is 17.1. The Morgan fingerprint density at radius 2 is 1.56 bits per heavy atom. The molecule has 1 aliphatic rings. The summed E-state index contributed by atoms with van der Waals surface area (Å²) in [6.07, 6.45) is 1.14. The van der Waals surface area contributed by atoms with E-state index in [4.69, 9.17) is 9.47 Å². The zero-order chi connectivity index (χ0) is 18.2. The van der Waals surface area contributed by atoms with Gasteiger partial charge in [0.2, 0.25) is 16.8 Å². The van der Waals surface area contributed by atoms with Crippen molar-refractivity contribution in [1.82, 2.24) is 0 Å². The summed E-state index contributed by atoms with van der Waals surface area (Å²) in [6, 6.07) is 11.7. The minimum Gasteiger partial charge on any atom is -0.454 e. The van der Waals surface area contributed by atoms with Crippen LogP contribution < -0.4 is 18.7 Å². The second-order valence-electron chi connectivity index (χ2n) is 5.68. The van der Waals surface area contributed by atoms with Gasteiger partial charge in [0, 0.05) is 25.3 Å². The Balaban J connectivity index is 1.81. The monoisotopic (exact) mass is 362 g/mol. The summed E-state index contributed by atoms with van der Waals surface area (Å²) >= 11 is 0. The molecule has 0 N–H and O–H groups in total. The van der Waals surface area contributed by atoms with Gasteiger partial charge in [-0.25, -0.2) is 8.42 Å². The topological polar surface area (TPSA) is 76.2 Å². The molecule has 0 radical (unpaired) electrons. The largest absolute Gasteiger partial charge is 0.454 e. The molecule has 25 heavy (non-hydrogen) atoms. The lowest BCUT2D eigenvalue weighted by molar-refractivity contribution is 0.0992. The van der Waals surface area contributed by atoms with Crippen molar-refractivity contribution >= 4 is 27.3 Å². The lowest BCUT2D eigenvalue weighted by atomic mass is 10.1. The van der Waals surface area contributed by atoms with Gasteiger partial charge in [0.15, 0.2) is 11.5 Å². The van der Waals surface area contributed by atoms with Crippen molar-refractivity contribution in [2.24, 2.45) is 0 Å². The zero-order valence-electron chi connectivity index (χ0n) is 14.1. The number of carbonyl (C=O) groups excluding carboxylic acids is 1. The molecule has 0 atom stereocenters. The van der Waals surface area contributed by atoms with E-state index in [0.717, 1.165) is 6.26 Å². The van der Waals surface area contributed by atoms with E-state index < -0.39 is 10.0 Å². The highest BCUT2D eigenvalue weighted by Crippen LogP contribution is 2.33. The number of amides is 1. The summed E-state index contributed by atoms with van der Waals surface area (Å²) in [5.41, 5.74) is 1.65. The van der Waals surface area contributed by atoms with Gasteiger partial charge in [-0.1, -0.05) is 0 Å². The van der Waals surface area contributed by atoms with E-state index in [-0.39, 0.29) is 12.7 Å². The highest BCUT2D eigenvalue weighted by atomic mass is 32.2. The number of benzene rings is 2. The Hall–Kier alpha value is -2.74. The van der Waals surface area contributed by atoms with Crippen molar-refractivity contribution in [2.45, 2.75) is 0 Å². The third-order valence-electron chi connectivity index (χ3n) is 4.02. The number of nitrogens with zero attached hydrogens (tertiary/aromatic N) is 2. The molecule has 1 aliphatic heterocycles. The van der Waals surface area contributed by atoms with E-state index in [2.05, 4.69) is 0 Å². The van der Waals surface area contributed by atoms with Crippen LogP contribution in [0.15, 0.2) is 42.5 Å². The predicted octanol–water partition coefficient (Wildman–Crippen LogP) is 2.09. The maximum Gasteiger partial charge on any atom is 0.258 e. The Labute approximate surface area is 146 Å². The molecule has 1 amide bonds. The minimum atomic E-state index is -3.33. The summed E-state index contributed by atoms with van der Waals surface area (Å²) in [5.74, 6) is 0.958. The zero-order valence-corrected chi connectivity index (χ0v) is 14.9. The molecule has 0 saturated carbocycles. The van der Waals surface area contributed by atoms with Crippen molar-refractivity contribution in [3.63, 3.8) is 0 Å². The van der Waals surface area contributed by atoms with Crippen LogP contribution in [0, 0.1) is 0 Å². The Bertz CT molecular complexity index is 909. The van der Waals surface area contributed by atoms with Crippen molar-refractivity contribution < 1.29 is 22.7 Å². The van der Waals surface area contributed by atoms with Crippen molar-refractivity contribution in [2.75, 3.05) is 36.3 Å². The fraction of sp³-hybridized carbons (Fsp3) is 0.235. The van der Waals surface area contributed by atoms with Crippen LogP contribution in [0.3, 0.4) is 0 Å². The molecule has 0 bridgehead atoms. The summed E-state index contributed by atoms with van der Waals surface area (Å²) in [7, 11) is -0.194. The van der Waals surface area contributed by atoms with E-state index in [9.17, 15) is 13.2 Å². The van der Waals surface area contributed by atoms with E-state index in [1.54, 1.807) is 49.5 Å². The number of sulfonamides is 1. The predicted molar refractivity (Wildman–Crippen MR) is 95.0 cm³/mol. The number of fused-ring (bicyclic) bond motifs is 1. The van der Waals surface area contributed by atoms with E-state index >= 15 is 0 Å². The molecule has 0 aliphatic carbocycles. The molecule has 1 heterocycles. The average molecular weight is 362 g/mol. The molecule has 0 aromatic heterocycles. The second-order valence-corrected chi connectivity index (χ2v) is 7.69. The van der Waals surface area contributed by atoms with Crippen LogP contribution in [0.1, 0.15) is 10.4 Å². The molecule has 3 rings (SSSR count). The third kappa shape index (κ3) is 3.39. The normalized spacial score (nSPS) is 12.8. The number of ether oxygens (including phenoxy) is 2. The first-order valence-electron chi connectivity index (χ1n) is 7.49. The first-order valence-corrected chi connectivity index (χ1v) is 9.34. The maximum absolute atomic E-state index is 12.6. The lowest BCUT2D eigenvalue weighted by Gasteiger charge is -2.20. The van der Waals surface area contributed by atoms with Crippen molar-refractivity contribution in [1.29, 1.82) is 0 Å². The van der Waals surface area contributed by atoms with Crippen LogP contribution in [0.5, 0.6) is 11.5 Å². The molecule has 8 heteroatoms. The SMILES string of the molecule is CN(C(=O)c1ccc2c(c1)OCO2)c1ccc(N(C)S(C)(=O)=O)cc1. The van der Waals surface area contributed by atoms with Gasteiger partial charge in [-0.05, 0) is 42.5 Å². The molecule has 0 spiro atoms. The maximum atomic E-state index is 12.6. The van der Waals surface area contributed by atoms with Crippen LogP contribution in [-0.4, -0.2) is 41.5 Å². The first-order chi connectivity index (χ1) is 11.8. The quantitative estimate of drug-likeness (QED) is 0.832. The van der Waals surface area contributed by atoms with E-state index in [1.165, 1.54) is 16.3 Å². The molecule has 0 fully saturated rings. The standard InChI is InChI=1S/C17H18N2O5S/c1-18(13-5-7-14(8-6-13)19(2)25(3,21)22)17(20)12-4-9-15-16(10-12)24-11-23-15/h4-10H,11H2,1-3H3. The number of carbonyl (C=O) groups is 1. The van der Waals surface area contributed by atoms with Crippen LogP contribution in [0.4, 0.5) is 11.4 Å². The van der Waals surface area contributed by atoms with Gasteiger partial charge in [0.1, 0.15) is 0 Å². The number of hydrogen-bond donors (Lipinski definition) is 0. The minimum absolute atomic E-state index is 0.151. The smallest absolute Gasteiger partial charge is 0.258 e. The van der Waals surface area contributed by atoms with Crippen LogP contribution in [-0.2, 0) is 10.0 Å². The van der Waals surface area contributed by atoms with Gasteiger partial charge >= 0.3 is 0 Å². The van der Waals surface area contributed by atoms with Gasteiger partial charge in [-0.3, -0.25) is 9.10 Å². The molecule has 132 valence electrons. The summed E-state index contributed by atoms with van der Waals surface area (Å²) in [5, 5.41) is 0. The number of rotatable bonds is 4. The van der Waals surface area contributed by atoms with Gasteiger partial charge in [0.25, 0.3) is 5.91 Å². The fourth-order valence-electron chi connectivity index (χ4n) is 2.42. The number of anilines is 2. The van der Waals surface area contributed by atoms with Crippen molar-refractivity contribution in [3.05, 3.63) is 48.0 Å². The van der Waals surface area contributed by atoms with E-state index in [0.29, 0.717) is 28.4 Å². The lowest BCUT2D eigenvalue weighted by Crippen LogP contribution is -2.27. The average Bonchev–Trinajstić information content (AvgIpc) is 3.06. The van der Waals surface area contributed by atoms with Gasteiger partial charge in [-0.2, -0.15) is 0 Å².